The lowest BCUT2D eigenvalue weighted by molar-refractivity contribution is -0.118. The number of nitrogens with zero attached hydrogens (tertiary/aromatic N) is 1. The minimum absolute atomic E-state index is 0.248. The molecule has 0 bridgehead atoms. The Morgan fingerprint density at radius 1 is 1.14 bits per heavy atom. The molecular weight excluding hydrogens is 290 g/mol. The smallest absolute Gasteiger partial charge is 0.227 e. The first-order valence-corrected chi connectivity index (χ1v) is 8.85. The molecule has 2 aromatic rings. The van der Waals surface area contributed by atoms with E-state index in [9.17, 15) is 4.79 Å². The molecule has 1 atom stereocenters. The minimum Gasteiger partial charge on any atom is -0.312 e. The highest BCUT2D eigenvalue weighted by atomic mass is 32.2. The first-order valence-electron chi connectivity index (χ1n) is 7.80. The van der Waals surface area contributed by atoms with Crippen LogP contribution >= 0.6 is 11.8 Å². The van der Waals surface area contributed by atoms with Crippen LogP contribution in [0.4, 0.5) is 5.69 Å². The van der Waals surface area contributed by atoms with Crippen LogP contribution in [0, 0.1) is 0 Å². The molecule has 3 heteroatoms. The predicted molar refractivity (Wildman–Crippen MR) is 94.4 cm³/mol. The van der Waals surface area contributed by atoms with E-state index in [1.54, 1.807) is 0 Å². The van der Waals surface area contributed by atoms with Crippen molar-refractivity contribution in [1.29, 1.82) is 0 Å². The van der Waals surface area contributed by atoms with Gasteiger partial charge in [0.05, 0.1) is 0 Å². The molecule has 3 rings (SSSR count). The summed E-state index contributed by atoms with van der Waals surface area (Å²) in [7, 11) is 0. The summed E-state index contributed by atoms with van der Waals surface area (Å²) in [6.07, 6.45) is 1.59. The number of carbonyl (C=O) groups is 1. The topological polar surface area (TPSA) is 20.3 Å². The van der Waals surface area contributed by atoms with Crippen molar-refractivity contribution in [1.82, 2.24) is 0 Å². The third kappa shape index (κ3) is 3.36. The van der Waals surface area contributed by atoms with Gasteiger partial charge < -0.3 is 4.90 Å². The highest BCUT2D eigenvalue weighted by Gasteiger charge is 2.23. The fourth-order valence-electron chi connectivity index (χ4n) is 2.88. The van der Waals surface area contributed by atoms with Crippen LogP contribution in [0.3, 0.4) is 0 Å². The zero-order chi connectivity index (χ0) is 15.4. The Morgan fingerprint density at radius 2 is 1.86 bits per heavy atom. The van der Waals surface area contributed by atoms with Gasteiger partial charge in [-0.2, -0.15) is 11.8 Å². The van der Waals surface area contributed by atoms with Crippen LogP contribution in [0.15, 0.2) is 54.6 Å². The number of hydrogen-bond donors (Lipinski definition) is 0. The lowest BCUT2D eigenvalue weighted by Gasteiger charge is -2.18. The summed E-state index contributed by atoms with van der Waals surface area (Å²) >= 11 is 1.85. The number of amides is 1. The lowest BCUT2D eigenvalue weighted by Crippen LogP contribution is -2.29. The molecule has 0 N–H and O–H groups in total. The third-order valence-corrected chi connectivity index (χ3v) is 5.35. The lowest BCUT2D eigenvalue weighted by atomic mass is 10.2. The maximum Gasteiger partial charge on any atom is 0.227 e. The van der Waals surface area contributed by atoms with Gasteiger partial charge in [0.1, 0.15) is 0 Å². The molecule has 0 aromatic heterocycles. The Bertz CT molecular complexity index is 641. The number of fused-ring (bicyclic) bond motifs is 1. The molecule has 0 aliphatic carbocycles. The Morgan fingerprint density at radius 3 is 2.68 bits per heavy atom. The van der Waals surface area contributed by atoms with E-state index in [4.69, 9.17) is 0 Å². The quantitative estimate of drug-likeness (QED) is 0.812. The molecular formula is C19H21NOS. The molecule has 114 valence electrons. The van der Waals surface area contributed by atoms with Crippen molar-refractivity contribution >= 4 is 23.4 Å². The van der Waals surface area contributed by atoms with Crippen molar-refractivity contribution < 1.29 is 4.79 Å². The molecule has 1 heterocycles. The van der Waals surface area contributed by atoms with Gasteiger partial charge >= 0.3 is 0 Å². The zero-order valence-corrected chi connectivity index (χ0v) is 13.7. The molecule has 2 aromatic carbocycles. The summed E-state index contributed by atoms with van der Waals surface area (Å²) in [5.41, 5.74) is 3.72. The summed E-state index contributed by atoms with van der Waals surface area (Å²) in [6.45, 7) is 3.03. The number of para-hydroxylation sites is 1. The summed E-state index contributed by atoms with van der Waals surface area (Å²) in [5, 5.41) is 0.430. The van der Waals surface area contributed by atoms with Gasteiger partial charge in [-0.05, 0) is 30.5 Å². The van der Waals surface area contributed by atoms with Crippen LogP contribution in [0.5, 0.6) is 0 Å². The Kier molecular flexibility index (Phi) is 4.84. The van der Waals surface area contributed by atoms with E-state index in [0.717, 1.165) is 24.4 Å². The largest absolute Gasteiger partial charge is 0.312 e. The molecule has 0 spiro atoms. The summed E-state index contributed by atoms with van der Waals surface area (Å²) < 4.78 is 0. The molecule has 0 fully saturated rings. The Labute approximate surface area is 136 Å². The third-order valence-electron chi connectivity index (χ3n) is 4.14. The molecule has 22 heavy (non-hydrogen) atoms. The fraction of sp³-hybridized carbons (Fsp3) is 0.316. The van der Waals surface area contributed by atoms with E-state index < -0.39 is 0 Å². The highest BCUT2D eigenvalue weighted by Crippen LogP contribution is 2.30. The summed E-state index contributed by atoms with van der Waals surface area (Å²) in [6, 6.07) is 18.7. The number of anilines is 1. The minimum atomic E-state index is 0.248. The van der Waals surface area contributed by atoms with Gasteiger partial charge in [-0.3, -0.25) is 4.79 Å². The van der Waals surface area contributed by atoms with Crippen LogP contribution in [-0.2, 0) is 11.2 Å². The molecule has 1 unspecified atom stereocenters. The van der Waals surface area contributed by atoms with E-state index in [2.05, 4.69) is 43.3 Å². The van der Waals surface area contributed by atoms with Crippen molar-refractivity contribution in [2.75, 3.05) is 17.2 Å². The predicted octanol–water partition coefficient (Wildman–Crippen LogP) is 4.46. The number of carbonyl (C=O) groups excluding carboxylic acids is 1. The molecule has 0 saturated heterocycles. The van der Waals surface area contributed by atoms with Gasteiger partial charge in [0, 0.05) is 29.7 Å². The number of thioether (sulfide) groups is 1. The second-order valence-electron chi connectivity index (χ2n) is 5.60. The van der Waals surface area contributed by atoms with E-state index in [0.29, 0.717) is 11.7 Å². The molecule has 0 radical (unpaired) electrons. The number of benzene rings is 2. The van der Waals surface area contributed by atoms with E-state index >= 15 is 0 Å². The van der Waals surface area contributed by atoms with E-state index in [1.807, 2.05) is 34.9 Å². The number of hydrogen-bond acceptors (Lipinski definition) is 2. The van der Waals surface area contributed by atoms with Gasteiger partial charge in [-0.15, -0.1) is 0 Å². The second-order valence-corrected chi connectivity index (χ2v) is 7.05. The average Bonchev–Trinajstić information content (AvgIpc) is 2.99. The van der Waals surface area contributed by atoms with E-state index in [1.165, 1.54) is 11.1 Å². The normalized spacial score (nSPS) is 14.7. The molecule has 1 aliphatic rings. The second kappa shape index (κ2) is 7.01. The van der Waals surface area contributed by atoms with Crippen molar-refractivity contribution in [2.24, 2.45) is 0 Å². The van der Waals surface area contributed by atoms with Gasteiger partial charge in [-0.25, -0.2) is 0 Å². The van der Waals surface area contributed by atoms with Gasteiger partial charge in [0.15, 0.2) is 0 Å². The molecule has 1 aliphatic heterocycles. The average molecular weight is 311 g/mol. The van der Waals surface area contributed by atoms with Crippen molar-refractivity contribution in [3.8, 4) is 0 Å². The Hall–Kier alpha value is -1.74. The highest BCUT2D eigenvalue weighted by molar-refractivity contribution is 7.99. The standard InChI is InChI=1S/C19H21NOS/c1-15(16-7-3-2-4-8-16)22-14-12-19(21)20-13-11-17-9-5-6-10-18(17)20/h2-10,15H,11-14H2,1H3. The molecule has 1 amide bonds. The number of rotatable bonds is 5. The van der Waals surface area contributed by atoms with Crippen LogP contribution in [0.25, 0.3) is 0 Å². The summed E-state index contributed by atoms with van der Waals surface area (Å²) in [5.74, 6) is 1.12. The van der Waals surface area contributed by atoms with Crippen LogP contribution < -0.4 is 4.90 Å². The fourth-order valence-corrected chi connectivity index (χ4v) is 3.87. The van der Waals surface area contributed by atoms with Gasteiger partial charge in [0.25, 0.3) is 0 Å². The molecule has 0 saturated carbocycles. The van der Waals surface area contributed by atoms with E-state index in [-0.39, 0.29) is 5.91 Å². The SMILES string of the molecule is CC(SCCC(=O)N1CCc2ccccc21)c1ccccc1. The maximum absolute atomic E-state index is 12.4. The van der Waals surface area contributed by atoms with Gasteiger partial charge in [0.2, 0.25) is 5.91 Å². The van der Waals surface area contributed by atoms with Crippen LogP contribution in [-0.4, -0.2) is 18.2 Å². The van der Waals surface area contributed by atoms with Crippen molar-refractivity contribution in [3.63, 3.8) is 0 Å². The monoisotopic (exact) mass is 311 g/mol. The van der Waals surface area contributed by atoms with Crippen LogP contribution in [0.1, 0.15) is 29.7 Å². The first kappa shape index (κ1) is 15.2. The zero-order valence-electron chi connectivity index (χ0n) is 12.9. The van der Waals surface area contributed by atoms with Crippen molar-refractivity contribution in [2.45, 2.75) is 25.0 Å². The van der Waals surface area contributed by atoms with Crippen LogP contribution in [0.2, 0.25) is 0 Å². The first-order chi connectivity index (χ1) is 10.8. The summed E-state index contributed by atoms with van der Waals surface area (Å²) in [4.78, 5) is 14.4. The Balaban J connectivity index is 1.51. The maximum atomic E-state index is 12.4. The molecule has 2 nitrogen and oxygen atoms in total. The van der Waals surface area contributed by atoms with Gasteiger partial charge in [-0.1, -0.05) is 48.5 Å². The van der Waals surface area contributed by atoms with Crippen molar-refractivity contribution in [3.05, 3.63) is 65.7 Å².